The number of aromatic nitrogens is 3. The Morgan fingerprint density at radius 2 is 2.00 bits per heavy atom. The molecule has 0 radical (unpaired) electrons. The van der Waals surface area contributed by atoms with Crippen molar-refractivity contribution in [3.05, 3.63) is 29.5 Å². The van der Waals surface area contributed by atoms with E-state index in [0.29, 0.717) is 10.8 Å². The molecule has 14 heavy (non-hydrogen) atoms. The van der Waals surface area contributed by atoms with Gasteiger partial charge in [0.05, 0.1) is 5.56 Å². The maximum absolute atomic E-state index is 10.5. The molecule has 0 unspecified atom stereocenters. The van der Waals surface area contributed by atoms with Crippen LogP contribution in [0.15, 0.2) is 24.0 Å². The fourth-order valence-electron chi connectivity index (χ4n) is 0.883. The van der Waals surface area contributed by atoms with Crippen molar-refractivity contribution in [2.45, 2.75) is 0 Å². The third kappa shape index (κ3) is 1.60. The van der Waals surface area contributed by atoms with E-state index < -0.39 is 5.97 Å². The van der Waals surface area contributed by atoms with Crippen LogP contribution >= 0.6 is 11.3 Å². The first kappa shape index (κ1) is 8.76. The molecule has 2 aromatic heterocycles. The summed E-state index contributed by atoms with van der Waals surface area (Å²) >= 11 is 1.41. The molecular formula is C8H5N3O2S. The molecule has 0 fully saturated rings. The van der Waals surface area contributed by atoms with E-state index in [1.807, 2.05) is 5.38 Å². The third-order valence-electron chi connectivity index (χ3n) is 1.52. The maximum Gasteiger partial charge on any atom is 0.338 e. The first-order valence-electron chi connectivity index (χ1n) is 3.72. The van der Waals surface area contributed by atoms with Crippen LogP contribution in [0.25, 0.3) is 10.8 Å². The second-order valence-electron chi connectivity index (χ2n) is 2.44. The summed E-state index contributed by atoms with van der Waals surface area (Å²) in [6.45, 7) is 0. The quantitative estimate of drug-likeness (QED) is 0.803. The van der Waals surface area contributed by atoms with Crippen LogP contribution in [0, 0.1) is 0 Å². The number of carboxylic acid groups (broad SMARTS) is 1. The highest BCUT2D eigenvalue weighted by molar-refractivity contribution is 7.12. The van der Waals surface area contributed by atoms with Gasteiger partial charge in [-0.3, -0.25) is 0 Å². The summed E-state index contributed by atoms with van der Waals surface area (Å²) in [5.74, 6) is -0.583. The highest BCUT2D eigenvalue weighted by Crippen LogP contribution is 2.16. The normalized spacial score (nSPS) is 10.0. The SMILES string of the molecule is O=C(O)c1cnc(-c2nccs2)nc1. The zero-order chi connectivity index (χ0) is 9.97. The maximum atomic E-state index is 10.5. The van der Waals surface area contributed by atoms with Crippen molar-refractivity contribution in [2.24, 2.45) is 0 Å². The molecular weight excluding hydrogens is 202 g/mol. The Bertz CT molecular complexity index is 438. The minimum Gasteiger partial charge on any atom is -0.478 e. The van der Waals surface area contributed by atoms with Crippen molar-refractivity contribution in [3.63, 3.8) is 0 Å². The lowest BCUT2D eigenvalue weighted by Crippen LogP contribution is -1.99. The Morgan fingerprint density at radius 3 is 2.50 bits per heavy atom. The summed E-state index contributed by atoms with van der Waals surface area (Å²) in [5.41, 5.74) is 0.0744. The summed E-state index contributed by atoms with van der Waals surface area (Å²) in [6.07, 6.45) is 4.19. The number of rotatable bonds is 2. The molecule has 2 heterocycles. The minimum atomic E-state index is -1.03. The van der Waals surface area contributed by atoms with Crippen LogP contribution in [0.1, 0.15) is 10.4 Å². The second-order valence-corrected chi connectivity index (χ2v) is 3.33. The van der Waals surface area contributed by atoms with Crippen LogP contribution in [0.2, 0.25) is 0 Å². The first-order chi connectivity index (χ1) is 6.77. The lowest BCUT2D eigenvalue weighted by atomic mass is 10.3. The molecule has 0 atom stereocenters. The second kappa shape index (κ2) is 3.51. The van der Waals surface area contributed by atoms with Crippen LogP contribution in [0.4, 0.5) is 0 Å². The molecule has 2 aromatic rings. The highest BCUT2D eigenvalue weighted by atomic mass is 32.1. The standard InChI is InChI=1S/C8H5N3O2S/c12-8(13)5-3-10-6(11-4-5)7-9-1-2-14-7/h1-4H,(H,12,13). The van der Waals surface area contributed by atoms with Crippen molar-refractivity contribution in [2.75, 3.05) is 0 Å². The monoisotopic (exact) mass is 207 g/mol. The zero-order valence-electron chi connectivity index (χ0n) is 6.91. The lowest BCUT2D eigenvalue weighted by molar-refractivity contribution is 0.0696. The Balaban J connectivity index is 2.36. The van der Waals surface area contributed by atoms with Crippen molar-refractivity contribution in [1.82, 2.24) is 15.0 Å². The summed E-state index contributed by atoms with van der Waals surface area (Å²) in [5, 5.41) is 11.1. The predicted molar refractivity (Wildman–Crippen MR) is 50.1 cm³/mol. The zero-order valence-corrected chi connectivity index (χ0v) is 7.73. The van der Waals surface area contributed by atoms with Gasteiger partial charge in [-0.1, -0.05) is 0 Å². The summed E-state index contributed by atoms with van der Waals surface area (Å²) < 4.78 is 0. The van der Waals surface area contributed by atoms with Crippen LogP contribution in [-0.2, 0) is 0 Å². The number of nitrogens with zero attached hydrogens (tertiary/aromatic N) is 3. The van der Waals surface area contributed by atoms with Gasteiger partial charge in [0.1, 0.15) is 0 Å². The van der Waals surface area contributed by atoms with Gasteiger partial charge in [0.25, 0.3) is 0 Å². The molecule has 0 spiro atoms. The fraction of sp³-hybridized carbons (Fsp3) is 0. The Hall–Kier alpha value is -1.82. The van der Waals surface area contributed by atoms with Gasteiger partial charge in [0, 0.05) is 24.0 Å². The van der Waals surface area contributed by atoms with Gasteiger partial charge in [-0.2, -0.15) is 0 Å². The average molecular weight is 207 g/mol. The van der Waals surface area contributed by atoms with Crippen LogP contribution in [0.3, 0.4) is 0 Å². The first-order valence-corrected chi connectivity index (χ1v) is 4.60. The summed E-state index contributed by atoms with van der Waals surface area (Å²) in [4.78, 5) is 22.3. The number of carbonyl (C=O) groups is 1. The van der Waals surface area contributed by atoms with E-state index in [9.17, 15) is 4.79 Å². The van der Waals surface area contributed by atoms with Gasteiger partial charge in [0.15, 0.2) is 10.8 Å². The van der Waals surface area contributed by atoms with E-state index in [-0.39, 0.29) is 5.56 Å². The van der Waals surface area contributed by atoms with Gasteiger partial charge >= 0.3 is 5.97 Å². The molecule has 2 rings (SSSR count). The topological polar surface area (TPSA) is 76.0 Å². The number of hydrogen-bond acceptors (Lipinski definition) is 5. The lowest BCUT2D eigenvalue weighted by Gasteiger charge is -1.94. The Kier molecular flexibility index (Phi) is 2.19. The number of aromatic carboxylic acids is 1. The van der Waals surface area contributed by atoms with E-state index in [4.69, 9.17) is 5.11 Å². The molecule has 0 aliphatic carbocycles. The minimum absolute atomic E-state index is 0.0744. The molecule has 0 bridgehead atoms. The van der Waals surface area contributed by atoms with E-state index in [1.54, 1.807) is 6.20 Å². The van der Waals surface area contributed by atoms with Crippen molar-refractivity contribution < 1.29 is 9.90 Å². The van der Waals surface area contributed by atoms with Crippen molar-refractivity contribution in [3.8, 4) is 10.8 Å². The molecule has 6 heteroatoms. The van der Waals surface area contributed by atoms with Crippen LogP contribution in [0.5, 0.6) is 0 Å². The molecule has 0 aliphatic heterocycles. The predicted octanol–water partition coefficient (Wildman–Crippen LogP) is 1.30. The van der Waals surface area contributed by atoms with Gasteiger partial charge in [-0.15, -0.1) is 11.3 Å². The van der Waals surface area contributed by atoms with E-state index in [0.717, 1.165) is 0 Å². The summed E-state index contributed by atoms with van der Waals surface area (Å²) in [6, 6.07) is 0. The number of carboxylic acids is 1. The van der Waals surface area contributed by atoms with Gasteiger partial charge in [-0.25, -0.2) is 19.7 Å². The summed E-state index contributed by atoms with van der Waals surface area (Å²) in [7, 11) is 0. The average Bonchev–Trinajstić information content (AvgIpc) is 2.71. The van der Waals surface area contributed by atoms with E-state index >= 15 is 0 Å². The van der Waals surface area contributed by atoms with E-state index in [1.165, 1.54) is 23.7 Å². The van der Waals surface area contributed by atoms with E-state index in [2.05, 4.69) is 15.0 Å². The molecule has 0 aromatic carbocycles. The fourth-order valence-corrected chi connectivity index (χ4v) is 1.47. The van der Waals surface area contributed by atoms with Crippen molar-refractivity contribution in [1.29, 1.82) is 0 Å². The molecule has 1 N–H and O–H groups in total. The Labute approximate surface area is 83.1 Å². The molecule has 70 valence electrons. The van der Waals surface area contributed by atoms with Gasteiger partial charge in [0.2, 0.25) is 0 Å². The number of thiazole rings is 1. The third-order valence-corrected chi connectivity index (χ3v) is 2.29. The van der Waals surface area contributed by atoms with Crippen LogP contribution < -0.4 is 0 Å². The van der Waals surface area contributed by atoms with Gasteiger partial charge in [-0.05, 0) is 0 Å². The number of hydrogen-bond donors (Lipinski definition) is 1. The van der Waals surface area contributed by atoms with Crippen LogP contribution in [-0.4, -0.2) is 26.0 Å². The van der Waals surface area contributed by atoms with Gasteiger partial charge < -0.3 is 5.11 Å². The smallest absolute Gasteiger partial charge is 0.338 e. The molecule has 0 amide bonds. The highest BCUT2D eigenvalue weighted by Gasteiger charge is 2.06. The molecule has 0 aliphatic rings. The Morgan fingerprint density at radius 1 is 1.29 bits per heavy atom. The molecule has 0 saturated carbocycles. The largest absolute Gasteiger partial charge is 0.478 e. The van der Waals surface area contributed by atoms with Crippen molar-refractivity contribution >= 4 is 17.3 Å². The molecule has 0 saturated heterocycles. The molecule has 5 nitrogen and oxygen atoms in total.